The highest BCUT2D eigenvalue weighted by Crippen LogP contribution is 2.29. The molecule has 0 aliphatic rings. The molecule has 2 rings (SSSR count). The Bertz CT molecular complexity index is 697. The summed E-state index contributed by atoms with van der Waals surface area (Å²) in [5.74, 6) is 1.65. The Balaban J connectivity index is 2.11. The van der Waals surface area contributed by atoms with Crippen molar-refractivity contribution >= 4 is 11.6 Å². The number of aryl methyl sites for hydroxylation is 1. The van der Waals surface area contributed by atoms with Crippen LogP contribution in [0.25, 0.3) is 0 Å². The highest BCUT2D eigenvalue weighted by Gasteiger charge is 2.20. The molecule has 5 nitrogen and oxygen atoms in total. The van der Waals surface area contributed by atoms with Crippen LogP contribution in [0, 0.1) is 0 Å². The third kappa shape index (κ3) is 4.89. The molecule has 1 amide bonds. The number of rotatable bonds is 8. The Labute approximate surface area is 148 Å². The number of benzene rings is 2. The van der Waals surface area contributed by atoms with Crippen molar-refractivity contribution in [2.75, 3.05) is 19.5 Å². The summed E-state index contributed by atoms with van der Waals surface area (Å²) in [5, 5.41) is 2.86. The standard InChI is InChI=1S/C20H25NO4/c1-5-14-7-9-15(10-8-14)25-18(6-2)20(22)21-17-13-16(23-3)11-12-19(17)24-4/h7-13,18H,5-6H2,1-4H3,(H,21,22)/t18-/m1/s1. The van der Waals surface area contributed by atoms with Crippen molar-refractivity contribution < 1.29 is 19.0 Å². The first-order chi connectivity index (χ1) is 12.1. The second kappa shape index (κ2) is 8.97. The first-order valence-electron chi connectivity index (χ1n) is 8.39. The lowest BCUT2D eigenvalue weighted by atomic mass is 10.1. The number of anilines is 1. The predicted octanol–water partition coefficient (Wildman–Crippen LogP) is 4.06. The Morgan fingerprint density at radius 1 is 1.00 bits per heavy atom. The average molecular weight is 343 g/mol. The van der Waals surface area contributed by atoms with Crippen molar-refractivity contribution in [3.05, 3.63) is 48.0 Å². The quantitative estimate of drug-likeness (QED) is 0.785. The van der Waals surface area contributed by atoms with Crippen molar-refractivity contribution in [3.8, 4) is 17.2 Å². The van der Waals surface area contributed by atoms with Crippen molar-refractivity contribution in [2.24, 2.45) is 0 Å². The van der Waals surface area contributed by atoms with Crippen LogP contribution in [0.5, 0.6) is 17.2 Å². The van der Waals surface area contributed by atoms with E-state index in [2.05, 4.69) is 12.2 Å². The Hall–Kier alpha value is -2.69. The van der Waals surface area contributed by atoms with Gasteiger partial charge in [-0.2, -0.15) is 0 Å². The highest BCUT2D eigenvalue weighted by molar-refractivity contribution is 5.95. The fourth-order valence-electron chi connectivity index (χ4n) is 2.42. The summed E-state index contributed by atoms with van der Waals surface area (Å²) in [6.45, 7) is 4.01. The Morgan fingerprint density at radius 2 is 1.68 bits per heavy atom. The van der Waals surface area contributed by atoms with Crippen LogP contribution in [0.1, 0.15) is 25.8 Å². The number of hydrogen-bond acceptors (Lipinski definition) is 4. The molecule has 0 heterocycles. The fourth-order valence-corrected chi connectivity index (χ4v) is 2.42. The Kier molecular flexibility index (Phi) is 6.69. The lowest BCUT2D eigenvalue weighted by molar-refractivity contribution is -0.122. The molecule has 1 atom stereocenters. The molecule has 25 heavy (non-hydrogen) atoms. The zero-order valence-electron chi connectivity index (χ0n) is 15.2. The third-order valence-electron chi connectivity index (χ3n) is 3.94. The largest absolute Gasteiger partial charge is 0.497 e. The van der Waals surface area contributed by atoms with E-state index in [1.54, 1.807) is 32.4 Å². The van der Waals surface area contributed by atoms with E-state index >= 15 is 0 Å². The SMILES string of the molecule is CCc1ccc(O[C@H](CC)C(=O)Nc2cc(OC)ccc2OC)cc1. The van der Waals surface area contributed by atoms with E-state index in [0.29, 0.717) is 29.4 Å². The van der Waals surface area contributed by atoms with Gasteiger partial charge in [0.25, 0.3) is 5.91 Å². The molecule has 0 fully saturated rings. The van der Waals surface area contributed by atoms with Gasteiger partial charge < -0.3 is 19.5 Å². The zero-order chi connectivity index (χ0) is 18.2. The van der Waals surface area contributed by atoms with Crippen LogP contribution in [-0.4, -0.2) is 26.2 Å². The predicted molar refractivity (Wildman–Crippen MR) is 98.7 cm³/mol. The molecule has 5 heteroatoms. The first kappa shape index (κ1) is 18.6. The summed E-state index contributed by atoms with van der Waals surface area (Å²) in [6.07, 6.45) is 0.921. The lowest BCUT2D eigenvalue weighted by Gasteiger charge is -2.19. The normalized spacial score (nSPS) is 11.5. The molecule has 2 aromatic carbocycles. The van der Waals surface area contributed by atoms with Crippen LogP contribution in [-0.2, 0) is 11.2 Å². The van der Waals surface area contributed by atoms with Crippen LogP contribution in [0.15, 0.2) is 42.5 Å². The minimum Gasteiger partial charge on any atom is -0.497 e. The van der Waals surface area contributed by atoms with Crippen molar-refractivity contribution in [3.63, 3.8) is 0 Å². The van der Waals surface area contributed by atoms with Crippen molar-refractivity contribution in [2.45, 2.75) is 32.8 Å². The van der Waals surface area contributed by atoms with E-state index in [0.717, 1.165) is 6.42 Å². The van der Waals surface area contributed by atoms with Gasteiger partial charge in [-0.05, 0) is 42.7 Å². The summed E-state index contributed by atoms with van der Waals surface area (Å²) < 4.78 is 16.3. The van der Waals surface area contributed by atoms with Gasteiger partial charge in [-0.25, -0.2) is 0 Å². The molecule has 0 saturated heterocycles. The number of methoxy groups -OCH3 is 2. The van der Waals surface area contributed by atoms with E-state index in [-0.39, 0.29) is 5.91 Å². The van der Waals surface area contributed by atoms with Gasteiger partial charge >= 0.3 is 0 Å². The van der Waals surface area contributed by atoms with Gasteiger partial charge in [0.15, 0.2) is 6.10 Å². The van der Waals surface area contributed by atoms with E-state index in [9.17, 15) is 4.79 Å². The number of amides is 1. The van der Waals surface area contributed by atoms with Gasteiger partial charge in [-0.15, -0.1) is 0 Å². The summed E-state index contributed by atoms with van der Waals surface area (Å²) in [7, 11) is 3.13. The molecule has 0 saturated carbocycles. The van der Waals surface area contributed by atoms with Gasteiger partial charge in [0.05, 0.1) is 19.9 Å². The highest BCUT2D eigenvalue weighted by atomic mass is 16.5. The molecule has 1 N–H and O–H groups in total. The van der Waals surface area contributed by atoms with Crippen LogP contribution >= 0.6 is 0 Å². The van der Waals surface area contributed by atoms with Crippen molar-refractivity contribution in [1.82, 2.24) is 0 Å². The first-order valence-corrected chi connectivity index (χ1v) is 8.39. The molecule has 2 aromatic rings. The maximum absolute atomic E-state index is 12.6. The second-order valence-electron chi connectivity index (χ2n) is 5.57. The van der Waals surface area contributed by atoms with Crippen LogP contribution in [0.3, 0.4) is 0 Å². The Morgan fingerprint density at radius 3 is 2.24 bits per heavy atom. The zero-order valence-corrected chi connectivity index (χ0v) is 15.2. The summed E-state index contributed by atoms with van der Waals surface area (Å²) in [4.78, 5) is 12.6. The third-order valence-corrected chi connectivity index (χ3v) is 3.94. The molecular formula is C20H25NO4. The smallest absolute Gasteiger partial charge is 0.265 e. The number of hydrogen-bond donors (Lipinski definition) is 1. The van der Waals surface area contributed by atoms with Crippen LogP contribution in [0.4, 0.5) is 5.69 Å². The van der Waals surface area contributed by atoms with E-state index in [1.807, 2.05) is 31.2 Å². The molecule has 0 aliphatic heterocycles. The maximum atomic E-state index is 12.6. The van der Waals surface area contributed by atoms with Crippen LogP contribution < -0.4 is 19.5 Å². The van der Waals surface area contributed by atoms with E-state index in [1.165, 1.54) is 5.56 Å². The second-order valence-corrected chi connectivity index (χ2v) is 5.57. The fraction of sp³-hybridized carbons (Fsp3) is 0.350. The molecular weight excluding hydrogens is 318 g/mol. The minimum absolute atomic E-state index is 0.228. The van der Waals surface area contributed by atoms with Gasteiger partial charge in [0.1, 0.15) is 17.2 Å². The molecule has 0 aliphatic carbocycles. The molecule has 0 spiro atoms. The minimum atomic E-state index is -0.594. The van der Waals surface area contributed by atoms with Gasteiger partial charge in [-0.1, -0.05) is 26.0 Å². The summed E-state index contributed by atoms with van der Waals surface area (Å²) in [5.41, 5.74) is 1.78. The van der Waals surface area contributed by atoms with Gasteiger partial charge in [0.2, 0.25) is 0 Å². The molecule has 0 bridgehead atoms. The number of ether oxygens (including phenoxy) is 3. The number of carbonyl (C=O) groups is 1. The van der Waals surface area contributed by atoms with Crippen LogP contribution in [0.2, 0.25) is 0 Å². The van der Waals surface area contributed by atoms with E-state index in [4.69, 9.17) is 14.2 Å². The van der Waals surface area contributed by atoms with Gasteiger partial charge in [0, 0.05) is 6.07 Å². The molecule has 0 unspecified atom stereocenters. The summed E-state index contributed by atoms with van der Waals surface area (Å²) >= 11 is 0. The van der Waals surface area contributed by atoms with Crippen molar-refractivity contribution in [1.29, 1.82) is 0 Å². The monoisotopic (exact) mass is 343 g/mol. The average Bonchev–Trinajstić information content (AvgIpc) is 2.66. The van der Waals surface area contributed by atoms with Gasteiger partial charge in [-0.3, -0.25) is 4.79 Å². The summed E-state index contributed by atoms with van der Waals surface area (Å²) in [6, 6.07) is 13.0. The number of nitrogens with one attached hydrogen (secondary N) is 1. The molecule has 134 valence electrons. The maximum Gasteiger partial charge on any atom is 0.265 e. The number of carbonyl (C=O) groups excluding carboxylic acids is 1. The topological polar surface area (TPSA) is 56.8 Å². The van der Waals surface area contributed by atoms with E-state index < -0.39 is 6.10 Å². The lowest BCUT2D eigenvalue weighted by Crippen LogP contribution is -2.32. The molecule has 0 aromatic heterocycles. The molecule has 0 radical (unpaired) electrons.